The highest BCUT2D eigenvalue weighted by atomic mass is 79.9. The molecule has 0 spiro atoms. The van der Waals surface area contributed by atoms with E-state index in [0.717, 1.165) is 14.9 Å². The Morgan fingerprint density at radius 1 is 1.50 bits per heavy atom. The van der Waals surface area contributed by atoms with Gasteiger partial charge in [0.1, 0.15) is 0 Å². The van der Waals surface area contributed by atoms with Crippen molar-refractivity contribution < 1.29 is 0 Å². The van der Waals surface area contributed by atoms with Gasteiger partial charge in [0.15, 0.2) is 0 Å². The van der Waals surface area contributed by atoms with Crippen LogP contribution in [-0.2, 0) is 0 Å². The highest BCUT2D eigenvalue weighted by molar-refractivity contribution is 9.10. The third-order valence-electron chi connectivity index (χ3n) is 1.28. The second-order valence-corrected chi connectivity index (χ2v) is 3.80. The Balaban J connectivity index is 3.31. The summed E-state index contributed by atoms with van der Waals surface area (Å²) in [5.41, 5.74) is 1.12. The predicted molar refractivity (Wildman–Crippen MR) is 51.1 cm³/mol. The van der Waals surface area contributed by atoms with Gasteiger partial charge in [-0.1, -0.05) is 27.5 Å². The van der Waals surface area contributed by atoms with E-state index in [-0.39, 0.29) is 0 Å². The minimum atomic E-state index is 0.711. The molecule has 0 saturated heterocycles. The van der Waals surface area contributed by atoms with Crippen LogP contribution in [0.15, 0.2) is 21.5 Å². The van der Waals surface area contributed by atoms with Gasteiger partial charge in [-0.15, -0.1) is 12.6 Å². The first-order valence-corrected chi connectivity index (χ1v) is 4.37. The second-order valence-electron chi connectivity index (χ2n) is 2.03. The largest absolute Gasteiger partial charge is 0.143 e. The number of hydrogen-bond donors (Lipinski definition) is 1. The van der Waals surface area contributed by atoms with Crippen molar-refractivity contribution in [2.75, 3.05) is 0 Å². The lowest BCUT2D eigenvalue weighted by molar-refractivity contribution is 1.28. The zero-order valence-electron chi connectivity index (χ0n) is 5.36. The summed E-state index contributed by atoms with van der Waals surface area (Å²) in [6.07, 6.45) is 0. The maximum Gasteiger partial charge on any atom is 0.0428 e. The van der Waals surface area contributed by atoms with E-state index in [9.17, 15) is 0 Å². The molecule has 0 unspecified atom stereocenters. The van der Waals surface area contributed by atoms with Gasteiger partial charge in [-0.2, -0.15) is 0 Å². The minimum absolute atomic E-state index is 0.711. The Kier molecular flexibility index (Phi) is 2.67. The third kappa shape index (κ3) is 1.68. The summed E-state index contributed by atoms with van der Waals surface area (Å²) in [4.78, 5) is 0.916. The summed E-state index contributed by atoms with van der Waals surface area (Å²) in [5, 5.41) is 0.711. The van der Waals surface area contributed by atoms with E-state index in [1.54, 1.807) is 0 Å². The van der Waals surface area contributed by atoms with E-state index in [2.05, 4.69) is 28.6 Å². The molecule has 0 N–H and O–H groups in total. The molecule has 10 heavy (non-hydrogen) atoms. The monoisotopic (exact) mass is 236 g/mol. The Hall–Kier alpha value is 0.340. The fraction of sp³-hybridized carbons (Fsp3) is 0.143. The maximum atomic E-state index is 5.74. The molecule has 1 rings (SSSR count). The summed E-state index contributed by atoms with van der Waals surface area (Å²) in [6, 6.07) is 3.68. The first-order chi connectivity index (χ1) is 4.61. The van der Waals surface area contributed by atoms with Gasteiger partial charge in [-0.25, -0.2) is 0 Å². The predicted octanol–water partition coefficient (Wildman–Crippen LogP) is 3.70. The van der Waals surface area contributed by atoms with Crippen molar-refractivity contribution in [3.8, 4) is 0 Å². The molecule has 0 aliphatic heterocycles. The van der Waals surface area contributed by atoms with Gasteiger partial charge in [-0.05, 0) is 24.6 Å². The average Bonchev–Trinajstić information content (AvgIpc) is 1.82. The second kappa shape index (κ2) is 3.16. The molecule has 0 radical (unpaired) electrons. The van der Waals surface area contributed by atoms with Gasteiger partial charge in [0.2, 0.25) is 0 Å². The number of halogens is 2. The first kappa shape index (κ1) is 8.44. The van der Waals surface area contributed by atoms with E-state index >= 15 is 0 Å². The fourth-order valence-corrected chi connectivity index (χ4v) is 1.93. The lowest BCUT2D eigenvalue weighted by Crippen LogP contribution is -1.77. The van der Waals surface area contributed by atoms with E-state index in [1.807, 2.05) is 19.1 Å². The van der Waals surface area contributed by atoms with E-state index in [4.69, 9.17) is 11.6 Å². The number of hydrogen-bond acceptors (Lipinski definition) is 1. The topological polar surface area (TPSA) is 0 Å². The highest BCUT2D eigenvalue weighted by Gasteiger charge is 1.99. The van der Waals surface area contributed by atoms with Crippen LogP contribution in [0.1, 0.15) is 5.56 Å². The zero-order valence-corrected chi connectivity index (χ0v) is 8.59. The van der Waals surface area contributed by atoms with Gasteiger partial charge in [0.25, 0.3) is 0 Å². The normalized spacial score (nSPS) is 10.0. The summed E-state index contributed by atoms with van der Waals surface area (Å²) in [7, 11) is 0. The molecule has 0 heterocycles. The third-order valence-corrected chi connectivity index (χ3v) is 2.79. The quantitative estimate of drug-likeness (QED) is 0.654. The highest BCUT2D eigenvalue weighted by Crippen LogP contribution is 2.26. The molecular weight excluding hydrogens is 232 g/mol. The SMILES string of the molecule is Cc1c(S)cc(Cl)cc1Br. The van der Waals surface area contributed by atoms with E-state index in [0.29, 0.717) is 5.02 Å². The van der Waals surface area contributed by atoms with Gasteiger partial charge in [-0.3, -0.25) is 0 Å². The summed E-state index contributed by atoms with van der Waals surface area (Å²) in [5.74, 6) is 0. The number of benzene rings is 1. The van der Waals surface area contributed by atoms with Crippen LogP contribution in [0, 0.1) is 6.92 Å². The van der Waals surface area contributed by atoms with Gasteiger partial charge < -0.3 is 0 Å². The Labute approximate surface area is 79.1 Å². The molecular formula is C7H6BrClS. The van der Waals surface area contributed by atoms with Crippen molar-refractivity contribution >= 4 is 40.2 Å². The number of thiol groups is 1. The molecule has 0 fully saturated rings. The van der Waals surface area contributed by atoms with Crippen molar-refractivity contribution in [1.29, 1.82) is 0 Å². The molecule has 1 aromatic rings. The zero-order chi connectivity index (χ0) is 7.72. The van der Waals surface area contributed by atoms with Crippen molar-refractivity contribution in [3.05, 3.63) is 27.2 Å². The van der Waals surface area contributed by atoms with Crippen LogP contribution >= 0.6 is 40.2 Å². The van der Waals surface area contributed by atoms with Crippen LogP contribution in [0.3, 0.4) is 0 Å². The molecule has 0 amide bonds. The summed E-state index contributed by atoms with van der Waals surface area (Å²) >= 11 is 13.3. The van der Waals surface area contributed by atoms with Crippen LogP contribution < -0.4 is 0 Å². The molecule has 0 aromatic heterocycles. The van der Waals surface area contributed by atoms with Crippen LogP contribution in [0.5, 0.6) is 0 Å². The molecule has 54 valence electrons. The number of rotatable bonds is 0. The van der Waals surface area contributed by atoms with E-state index < -0.39 is 0 Å². The maximum absolute atomic E-state index is 5.74. The summed E-state index contributed by atoms with van der Waals surface area (Å²) < 4.78 is 1.00. The van der Waals surface area contributed by atoms with Crippen LogP contribution in [0.2, 0.25) is 5.02 Å². The Bertz CT molecular complexity index is 237. The average molecular weight is 238 g/mol. The van der Waals surface area contributed by atoms with E-state index in [1.165, 1.54) is 0 Å². The molecule has 0 saturated carbocycles. The van der Waals surface area contributed by atoms with Crippen molar-refractivity contribution in [2.45, 2.75) is 11.8 Å². The Morgan fingerprint density at radius 2 is 2.10 bits per heavy atom. The van der Waals surface area contributed by atoms with Gasteiger partial charge in [0.05, 0.1) is 0 Å². The minimum Gasteiger partial charge on any atom is -0.143 e. The molecule has 0 aliphatic rings. The lowest BCUT2D eigenvalue weighted by atomic mass is 10.2. The van der Waals surface area contributed by atoms with Crippen LogP contribution in [0.4, 0.5) is 0 Å². The first-order valence-electron chi connectivity index (χ1n) is 2.76. The van der Waals surface area contributed by atoms with Gasteiger partial charge >= 0.3 is 0 Å². The summed E-state index contributed by atoms with van der Waals surface area (Å²) in [6.45, 7) is 1.99. The van der Waals surface area contributed by atoms with Crippen molar-refractivity contribution in [3.63, 3.8) is 0 Å². The molecule has 0 aliphatic carbocycles. The van der Waals surface area contributed by atoms with Crippen molar-refractivity contribution in [2.24, 2.45) is 0 Å². The Morgan fingerprint density at radius 3 is 2.60 bits per heavy atom. The van der Waals surface area contributed by atoms with Gasteiger partial charge in [0, 0.05) is 14.4 Å². The smallest absolute Gasteiger partial charge is 0.0428 e. The molecule has 0 atom stereocenters. The molecule has 3 heteroatoms. The molecule has 0 nitrogen and oxygen atoms in total. The van der Waals surface area contributed by atoms with Crippen LogP contribution in [0.25, 0.3) is 0 Å². The molecule has 0 bridgehead atoms. The lowest BCUT2D eigenvalue weighted by Gasteiger charge is -2.01. The van der Waals surface area contributed by atoms with Crippen LogP contribution in [-0.4, -0.2) is 0 Å². The molecule has 1 aromatic carbocycles. The fourth-order valence-electron chi connectivity index (χ4n) is 0.632. The van der Waals surface area contributed by atoms with Crippen molar-refractivity contribution in [1.82, 2.24) is 0 Å². The standard InChI is InChI=1S/C7H6BrClS/c1-4-6(8)2-5(9)3-7(4)10/h2-3,10H,1H3.